The molecule has 0 aliphatic carbocycles. The molecule has 1 nitrogen and oxygen atoms in total. The van der Waals surface area contributed by atoms with Crippen LogP contribution in [-0.4, -0.2) is 13.6 Å². The molecule has 0 aliphatic heterocycles. The molecule has 0 spiro atoms. The van der Waals surface area contributed by atoms with Crippen molar-refractivity contribution in [2.45, 2.75) is 26.2 Å². The second kappa shape index (κ2) is 6.59. The zero-order valence-corrected chi connectivity index (χ0v) is 11.2. The van der Waals surface area contributed by atoms with E-state index in [1.165, 1.54) is 27.9 Å². The van der Waals surface area contributed by atoms with E-state index in [9.17, 15) is 0 Å². The van der Waals surface area contributed by atoms with Crippen molar-refractivity contribution in [2.24, 2.45) is 5.92 Å². The maximum Gasteiger partial charge on any atom is 0.0701 e. The summed E-state index contributed by atoms with van der Waals surface area (Å²) in [6.45, 7) is 3.47. The molecule has 1 aromatic heterocycles. The Morgan fingerprint density at radius 1 is 1.43 bits per heavy atom. The van der Waals surface area contributed by atoms with Gasteiger partial charge >= 0.3 is 0 Å². The highest BCUT2D eigenvalue weighted by Crippen LogP contribution is 2.24. The Bertz CT molecular complexity index is 260. The third kappa shape index (κ3) is 4.58. The normalized spacial score (nSPS) is 13.1. The first kappa shape index (κ1) is 12.2. The van der Waals surface area contributed by atoms with Crippen LogP contribution in [0, 0.1) is 5.92 Å². The first-order chi connectivity index (χ1) is 6.72. The van der Waals surface area contributed by atoms with Crippen LogP contribution in [0.3, 0.4) is 0 Å². The van der Waals surface area contributed by atoms with E-state index in [1.807, 2.05) is 18.4 Å². The van der Waals surface area contributed by atoms with Crippen molar-refractivity contribution in [3.05, 3.63) is 20.8 Å². The van der Waals surface area contributed by atoms with E-state index in [1.54, 1.807) is 0 Å². The van der Waals surface area contributed by atoms with E-state index in [0.29, 0.717) is 0 Å². The molecule has 0 bridgehead atoms. The number of hydrogen-bond acceptors (Lipinski definition) is 2. The number of nitrogens with one attached hydrogen (secondary N) is 1. The summed E-state index contributed by atoms with van der Waals surface area (Å²) in [5, 5.41) is 3.20. The van der Waals surface area contributed by atoms with E-state index in [-0.39, 0.29) is 0 Å². The maximum atomic E-state index is 3.49. The fourth-order valence-corrected chi connectivity index (χ4v) is 2.91. The Morgan fingerprint density at radius 2 is 2.21 bits per heavy atom. The Kier molecular flexibility index (Phi) is 5.75. The summed E-state index contributed by atoms with van der Waals surface area (Å²) in [4.78, 5) is 1.49. The molecule has 0 radical (unpaired) electrons. The Morgan fingerprint density at radius 3 is 2.79 bits per heavy atom. The molecule has 1 N–H and O–H groups in total. The summed E-state index contributed by atoms with van der Waals surface area (Å²) < 4.78 is 1.25. The van der Waals surface area contributed by atoms with E-state index in [0.717, 1.165) is 12.5 Å². The molecule has 1 heterocycles. The van der Waals surface area contributed by atoms with Crippen LogP contribution in [0.1, 0.15) is 24.6 Å². The second-order valence-electron chi connectivity index (χ2n) is 3.74. The highest BCUT2D eigenvalue weighted by molar-refractivity contribution is 9.11. The van der Waals surface area contributed by atoms with Gasteiger partial charge in [-0.15, -0.1) is 11.3 Å². The van der Waals surface area contributed by atoms with Crippen molar-refractivity contribution in [3.8, 4) is 0 Å². The van der Waals surface area contributed by atoms with Gasteiger partial charge in [-0.2, -0.15) is 0 Å². The number of hydrogen-bond donors (Lipinski definition) is 1. The molecule has 0 saturated heterocycles. The van der Waals surface area contributed by atoms with E-state index in [2.05, 4.69) is 40.3 Å². The first-order valence-electron chi connectivity index (χ1n) is 5.11. The van der Waals surface area contributed by atoms with Crippen molar-refractivity contribution in [1.29, 1.82) is 0 Å². The lowest BCUT2D eigenvalue weighted by molar-refractivity contribution is 0.483. The molecule has 1 rings (SSSR count). The maximum absolute atomic E-state index is 3.49. The monoisotopic (exact) mass is 275 g/mol. The highest BCUT2D eigenvalue weighted by atomic mass is 79.9. The molecule has 1 aromatic rings. The summed E-state index contributed by atoms with van der Waals surface area (Å²) in [7, 11) is 2.02. The number of halogens is 1. The molecule has 80 valence electrons. The van der Waals surface area contributed by atoms with Gasteiger partial charge in [0.05, 0.1) is 3.79 Å². The lowest BCUT2D eigenvalue weighted by Gasteiger charge is -2.09. The van der Waals surface area contributed by atoms with Crippen LogP contribution in [0.4, 0.5) is 0 Å². The van der Waals surface area contributed by atoms with Gasteiger partial charge in [0.1, 0.15) is 0 Å². The average molecular weight is 276 g/mol. The zero-order chi connectivity index (χ0) is 10.4. The van der Waals surface area contributed by atoms with Gasteiger partial charge < -0.3 is 5.32 Å². The van der Waals surface area contributed by atoms with Gasteiger partial charge in [0.2, 0.25) is 0 Å². The number of thiophene rings is 1. The topological polar surface area (TPSA) is 12.0 Å². The van der Waals surface area contributed by atoms with Crippen molar-refractivity contribution in [1.82, 2.24) is 5.32 Å². The van der Waals surface area contributed by atoms with Crippen LogP contribution in [0.2, 0.25) is 0 Å². The molecular weight excluding hydrogens is 258 g/mol. The van der Waals surface area contributed by atoms with Gasteiger partial charge in [-0.25, -0.2) is 0 Å². The van der Waals surface area contributed by atoms with Crippen molar-refractivity contribution < 1.29 is 0 Å². The summed E-state index contributed by atoms with van der Waals surface area (Å²) in [5.41, 5.74) is 0. The Balaban J connectivity index is 2.20. The quantitative estimate of drug-likeness (QED) is 0.835. The zero-order valence-electron chi connectivity index (χ0n) is 8.85. The Hall–Kier alpha value is 0.140. The summed E-state index contributed by atoms with van der Waals surface area (Å²) in [5.74, 6) is 0.823. The molecule has 1 atom stereocenters. The highest BCUT2D eigenvalue weighted by Gasteiger charge is 2.03. The molecule has 3 heteroatoms. The van der Waals surface area contributed by atoms with Gasteiger partial charge in [0, 0.05) is 4.88 Å². The number of rotatable bonds is 6. The summed E-state index contributed by atoms with van der Waals surface area (Å²) in [6.07, 6.45) is 3.80. The third-order valence-corrected chi connectivity index (χ3v) is 4.08. The van der Waals surface area contributed by atoms with E-state index >= 15 is 0 Å². The molecule has 1 unspecified atom stereocenters. The lowest BCUT2D eigenvalue weighted by atomic mass is 10.0. The molecular formula is C11H18BrNS. The van der Waals surface area contributed by atoms with Crippen LogP contribution in [0.15, 0.2) is 15.9 Å². The summed E-state index contributed by atoms with van der Waals surface area (Å²) >= 11 is 5.34. The van der Waals surface area contributed by atoms with Gasteiger partial charge in [0.15, 0.2) is 0 Å². The third-order valence-electron chi connectivity index (χ3n) is 2.40. The van der Waals surface area contributed by atoms with Crippen LogP contribution < -0.4 is 5.32 Å². The molecule has 0 amide bonds. The second-order valence-corrected chi connectivity index (χ2v) is 6.29. The fourth-order valence-electron chi connectivity index (χ4n) is 1.41. The van der Waals surface area contributed by atoms with E-state index < -0.39 is 0 Å². The van der Waals surface area contributed by atoms with E-state index in [4.69, 9.17) is 0 Å². The van der Waals surface area contributed by atoms with Crippen LogP contribution in [0.25, 0.3) is 0 Å². The molecule has 14 heavy (non-hydrogen) atoms. The summed E-state index contributed by atoms with van der Waals surface area (Å²) in [6, 6.07) is 4.36. The van der Waals surface area contributed by atoms with Gasteiger partial charge in [-0.1, -0.05) is 6.92 Å². The predicted molar refractivity (Wildman–Crippen MR) is 68.0 cm³/mol. The standard InChI is InChI=1S/C11H18BrNS/c1-9(7-8-13-2)3-4-10-5-6-11(12)14-10/h5-6,9,13H,3-4,7-8H2,1-2H3. The number of aryl methyl sites for hydroxylation is 1. The van der Waals surface area contributed by atoms with Crippen LogP contribution in [0.5, 0.6) is 0 Å². The lowest BCUT2D eigenvalue weighted by Crippen LogP contribution is -2.11. The molecule has 0 saturated carbocycles. The van der Waals surface area contributed by atoms with Crippen molar-refractivity contribution >= 4 is 27.3 Å². The molecule has 0 aromatic carbocycles. The molecule has 0 aliphatic rings. The Labute approximate surface area is 99.0 Å². The van der Waals surface area contributed by atoms with Crippen molar-refractivity contribution in [3.63, 3.8) is 0 Å². The van der Waals surface area contributed by atoms with Crippen molar-refractivity contribution in [2.75, 3.05) is 13.6 Å². The average Bonchev–Trinajstić information content (AvgIpc) is 2.58. The smallest absolute Gasteiger partial charge is 0.0701 e. The van der Waals surface area contributed by atoms with Gasteiger partial charge in [-0.05, 0) is 66.8 Å². The SMILES string of the molecule is CNCCC(C)CCc1ccc(Br)s1. The van der Waals surface area contributed by atoms with Crippen LogP contribution >= 0.6 is 27.3 Å². The van der Waals surface area contributed by atoms with Gasteiger partial charge in [-0.3, -0.25) is 0 Å². The minimum Gasteiger partial charge on any atom is -0.320 e. The minimum absolute atomic E-state index is 0.823. The predicted octanol–water partition coefficient (Wildman–Crippen LogP) is 3.69. The molecule has 0 fully saturated rings. The van der Waals surface area contributed by atoms with Gasteiger partial charge in [0.25, 0.3) is 0 Å². The fraction of sp³-hybridized carbons (Fsp3) is 0.636. The first-order valence-corrected chi connectivity index (χ1v) is 6.72. The largest absolute Gasteiger partial charge is 0.320 e. The minimum atomic E-state index is 0.823. The van der Waals surface area contributed by atoms with Crippen LogP contribution in [-0.2, 0) is 6.42 Å².